The Morgan fingerprint density at radius 3 is 2.61 bits per heavy atom. The van der Waals surface area contributed by atoms with Crippen LogP contribution in [0.15, 0.2) is 48.5 Å². The van der Waals surface area contributed by atoms with E-state index in [1.807, 2.05) is 43.3 Å². The molecule has 118 valence electrons. The van der Waals surface area contributed by atoms with Crippen LogP contribution in [0.4, 0.5) is 5.69 Å². The second-order valence-corrected chi connectivity index (χ2v) is 5.70. The number of imidazole rings is 1. The third-order valence-corrected chi connectivity index (χ3v) is 3.80. The highest BCUT2D eigenvalue weighted by atomic mass is 16.1. The molecule has 1 amide bonds. The number of aromatic amines is 1. The Kier molecular flexibility index (Phi) is 4.71. The number of carbonyl (C=O) groups excluding carboxylic acids is 1. The second kappa shape index (κ2) is 7.09. The zero-order chi connectivity index (χ0) is 16.1. The number of para-hydroxylation sites is 2. The third-order valence-electron chi connectivity index (χ3n) is 3.80. The highest BCUT2D eigenvalue weighted by molar-refractivity contribution is 5.90. The lowest BCUT2D eigenvalue weighted by Crippen LogP contribution is -2.10. The van der Waals surface area contributed by atoms with Crippen molar-refractivity contribution in [2.24, 2.45) is 0 Å². The molecule has 0 saturated carbocycles. The van der Waals surface area contributed by atoms with E-state index in [9.17, 15) is 4.79 Å². The van der Waals surface area contributed by atoms with Crippen LogP contribution < -0.4 is 5.32 Å². The summed E-state index contributed by atoms with van der Waals surface area (Å²) in [6.45, 7) is 2.00. The molecule has 3 rings (SSSR count). The summed E-state index contributed by atoms with van der Waals surface area (Å²) in [5.41, 5.74) is 4.18. The maximum atomic E-state index is 11.6. The lowest BCUT2D eigenvalue weighted by atomic mass is 10.1. The maximum absolute atomic E-state index is 11.6. The fraction of sp³-hybridized carbons (Fsp3) is 0.263. The number of hydrogen-bond donors (Lipinski definition) is 2. The van der Waals surface area contributed by atoms with Gasteiger partial charge in [0.25, 0.3) is 0 Å². The lowest BCUT2D eigenvalue weighted by Gasteiger charge is -2.05. The fourth-order valence-corrected chi connectivity index (χ4v) is 2.59. The second-order valence-electron chi connectivity index (χ2n) is 5.70. The molecule has 0 aliphatic carbocycles. The smallest absolute Gasteiger partial charge is 0.224 e. The average molecular weight is 307 g/mol. The van der Waals surface area contributed by atoms with E-state index in [1.54, 1.807) is 0 Å². The Morgan fingerprint density at radius 2 is 1.87 bits per heavy atom. The predicted octanol–water partition coefficient (Wildman–Crippen LogP) is 4.09. The first-order valence-electron chi connectivity index (χ1n) is 8.07. The van der Waals surface area contributed by atoms with E-state index in [2.05, 4.69) is 27.4 Å². The van der Waals surface area contributed by atoms with E-state index in [1.165, 1.54) is 5.56 Å². The van der Waals surface area contributed by atoms with Crippen LogP contribution in [0.3, 0.4) is 0 Å². The van der Waals surface area contributed by atoms with E-state index >= 15 is 0 Å². The molecule has 0 aliphatic heterocycles. The van der Waals surface area contributed by atoms with Crippen LogP contribution in [0.2, 0.25) is 0 Å². The van der Waals surface area contributed by atoms with Gasteiger partial charge in [-0.2, -0.15) is 0 Å². The normalized spacial score (nSPS) is 10.8. The van der Waals surface area contributed by atoms with E-state index in [-0.39, 0.29) is 5.91 Å². The number of nitrogens with one attached hydrogen (secondary N) is 2. The molecule has 0 spiro atoms. The largest absolute Gasteiger partial charge is 0.342 e. The molecule has 4 nitrogen and oxygen atoms in total. The zero-order valence-electron chi connectivity index (χ0n) is 13.3. The molecule has 2 N–H and O–H groups in total. The van der Waals surface area contributed by atoms with Crippen molar-refractivity contribution in [1.82, 2.24) is 9.97 Å². The van der Waals surface area contributed by atoms with Crippen LogP contribution >= 0.6 is 0 Å². The highest BCUT2D eigenvalue weighted by Gasteiger charge is 2.04. The average Bonchev–Trinajstić information content (AvgIpc) is 2.97. The SMILES string of the molecule is CCCC(=O)Nc1ccc(CCc2nc3ccccc3[nH]2)cc1. The van der Waals surface area contributed by atoms with Gasteiger partial charge in [-0.05, 0) is 42.7 Å². The summed E-state index contributed by atoms with van der Waals surface area (Å²) in [4.78, 5) is 19.5. The Morgan fingerprint density at radius 1 is 1.09 bits per heavy atom. The summed E-state index contributed by atoms with van der Waals surface area (Å²) in [7, 11) is 0. The Balaban J connectivity index is 1.58. The maximum Gasteiger partial charge on any atom is 0.224 e. The van der Waals surface area contributed by atoms with Crippen LogP contribution in [0, 0.1) is 0 Å². The number of aryl methyl sites for hydroxylation is 2. The molecule has 1 heterocycles. The van der Waals surface area contributed by atoms with Gasteiger partial charge < -0.3 is 10.3 Å². The van der Waals surface area contributed by atoms with Crippen molar-refractivity contribution in [2.75, 3.05) is 5.32 Å². The molecule has 2 aromatic carbocycles. The summed E-state index contributed by atoms with van der Waals surface area (Å²) in [5.74, 6) is 1.08. The molecule has 0 bridgehead atoms. The van der Waals surface area contributed by atoms with Crippen molar-refractivity contribution in [3.05, 3.63) is 59.9 Å². The number of fused-ring (bicyclic) bond motifs is 1. The van der Waals surface area contributed by atoms with Gasteiger partial charge in [-0.25, -0.2) is 4.98 Å². The van der Waals surface area contributed by atoms with Crippen LogP contribution in [0.25, 0.3) is 11.0 Å². The minimum atomic E-state index is 0.0718. The van der Waals surface area contributed by atoms with Gasteiger partial charge in [0.2, 0.25) is 5.91 Å². The van der Waals surface area contributed by atoms with Gasteiger partial charge in [-0.15, -0.1) is 0 Å². The van der Waals surface area contributed by atoms with Crippen LogP contribution in [-0.2, 0) is 17.6 Å². The summed E-state index contributed by atoms with van der Waals surface area (Å²) in [6, 6.07) is 16.1. The van der Waals surface area contributed by atoms with Crippen molar-refractivity contribution in [2.45, 2.75) is 32.6 Å². The van der Waals surface area contributed by atoms with E-state index in [0.29, 0.717) is 6.42 Å². The number of amides is 1. The number of nitrogens with zero attached hydrogens (tertiary/aromatic N) is 1. The number of anilines is 1. The molecule has 0 saturated heterocycles. The lowest BCUT2D eigenvalue weighted by molar-refractivity contribution is -0.116. The Hall–Kier alpha value is -2.62. The molecule has 0 aliphatic rings. The molecule has 0 unspecified atom stereocenters. The summed E-state index contributed by atoms with van der Waals surface area (Å²) >= 11 is 0. The summed E-state index contributed by atoms with van der Waals surface area (Å²) in [6.07, 6.45) is 3.22. The minimum Gasteiger partial charge on any atom is -0.342 e. The van der Waals surface area contributed by atoms with Crippen molar-refractivity contribution in [3.8, 4) is 0 Å². The standard InChI is InChI=1S/C19H21N3O/c1-2-5-19(23)20-15-11-8-14(9-12-15)10-13-18-21-16-6-3-4-7-17(16)22-18/h3-4,6-9,11-12H,2,5,10,13H2,1H3,(H,20,23)(H,21,22). The minimum absolute atomic E-state index is 0.0718. The third kappa shape index (κ3) is 3.97. The van der Waals surface area contributed by atoms with Crippen molar-refractivity contribution >= 4 is 22.6 Å². The molecule has 4 heteroatoms. The van der Waals surface area contributed by atoms with E-state index in [0.717, 1.165) is 41.8 Å². The van der Waals surface area contributed by atoms with Gasteiger partial charge in [0.15, 0.2) is 0 Å². The number of hydrogen-bond acceptors (Lipinski definition) is 2. The van der Waals surface area contributed by atoms with Crippen molar-refractivity contribution < 1.29 is 4.79 Å². The molecule has 3 aromatic rings. The van der Waals surface area contributed by atoms with E-state index < -0.39 is 0 Å². The summed E-state index contributed by atoms with van der Waals surface area (Å²) in [5, 5.41) is 2.90. The monoisotopic (exact) mass is 307 g/mol. The number of benzene rings is 2. The van der Waals surface area contributed by atoms with E-state index in [4.69, 9.17) is 0 Å². The van der Waals surface area contributed by atoms with Gasteiger partial charge in [-0.1, -0.05) is 31.2 Å². The van der Waals surface area contributed by atoms with Gasteiger partial charge in [0, 0.05) is 18.5 Å². The molecule has 0 radical (unpaired) electrons. The summed E-state index contributed by atoms with van der Waals surface area (Å²) < 4.78 is 0. The van der Waals surface area contributed by atoms with Crippen molar-refractivity contribution in [3.63, 3.8) is 0 Å². The van der Waals surface area contributed by atoms with Crippen LogP contribution in [0.5, 0.6) is 0 Å². The number of rotatable bonds is 6. The molecule has 0 fully saturated rings. The number of aromatic nitrogens is 2. The predicted molar refractivity (Wildman–Crippen MR) is 93.5 cm³/mol. The highest BCUT2D eigenvalue weighted by Crippen LogP contribution is 2.14. The quantitative estimate of drug-likeness (QED) is 0.720. The molecule has 23 heavy (non-hydrogen) atoms. The van der Waals surface area contributed by atoms with Gasteiger partial charge in [0.05, 0.1) is 11.0 Å². The molecular weight excluding hydrogens is 286 g/mol. The van der Waals surface area contributed by atoms with Crippen LogP contribution in [-0.4, -0.2) is 15.9 Å². The number of H-pyrrole nitrogens is 1. The first-order chi connectivity index (χ1) is 11.2. The van der Waals surface area contributed by atoms with Crippen molar-refractivity contribution in [1.29, 1.82) is 0 Å². The Bertz CT molecular complexity index is 757. The zero-order valence-corrected chi connectivity index (χ0v) is 13.3. The topological polar surface area (TPSA) is 57.8 Å². The first kappa shape index (κ1) is 15.3. The van der Waals surface area contributed by atoms with Gasteiger partial charge in [-0.3, -0.25) is 4.79 Å². The number of carbonyl (C=O) groups is 1. The molecule has 1 aromatic heterocycles. The fourth-order valence-electron chi connectivity index (χ4n) is 2.59. The first-order valence-corrected chi connectivity index (χ1v) is 8.07. The van der Waals surface area contributed by atoms with Crippen LogP contribution in [0.1, 0.15) is 31.2 Å². The Labute approximate surface area is 136 Å². The van der Waals surface area contributed by atoms with Gasteiger partial charge in [0.1, 0.15) is 5.82 Å². The van der Waals surface area contributed by atoms with Gasteiger partial charge >= 0.3 is 0 Å². The molecule has 0 atom stereocenters. The molecular formula is C19H21N3O.